The number of nitrogens with zero attached hydrogens (tertiary/aromatic N) is 1. The first-order valence-electron chi connectivity index (χ1n) is 6.68. The van der Waals surface area contributed by atoms with Crippen LogP contribution in [0.4, 0.5) is 0 Å². The Hall–Kier alpha value is -1.61. The van der Waals surface area contributed by atoms with Gasteiger partial charge in [0.2, 0.25) is 11.8 Å². The summed E-state index contributed by atoms with van der Waals surface area (Å²) in [5, 5.41) is 14.6. The van der Waals surface area contributed by atoms with E-state index in [2.05, 4.69) is 16.7 Å². The molecule has 2 amide bonds. The fourth-order valence-electron chi connectivity index (χ4n) is 1.92. The molecule has 0 aliphatic carbocycles. The lowest BCUT2D eigenvalue weighted by Gasteiger charge is -2.29. The van der Waals surface area contributed by atoms with Gasteiger partial charge in [-0.1, -0.05) is 6.92 Å². The third kappa shape index (κ3) is 4.52. The fourth-order valence-corrected chi connectivity index (χ4v) is 1.92. The molecule has 0 unspecified atom stereocenters. The molecule has 1 fully saturated rings. The standard InChI is InChI=1S/C13H21N3O3/c1-2-6-15-11(17)3-7-16-12(18)13(10-14)4-8-19-9-5-13/h2-9H2,1H3,(H,15,17)(H,16,18). The van der Waals surface area contributed by atoms with E-state index in [4.69, 9.17) is 4.74 Å². The van der Waals surface area contributed by atoms with Crippen molar-refractivity contribution in [2.24, 2.45) is 5.41 Å². The lowest BCUT2D eigenvalue weighted by Crippen LogP contribution is -2.44. The summed E-state index contributed by atoms with van der Waals surface area (Å²) in [5.41, 5.74) is -0.988. The van der Waals surface area contributed by atoms with E-state index in [1.807, 2.05) is 6.92 Å². The molecule has 0 spiro atoms. The molecular formula is C13H21N3O3. The summed E-state index contributed by atoms with van der Waals surface area (Å²) in [5.74, 6) is -0.373. The van der Waals surface area contributed by atoms with Gasteiger partial charge in [-0.3, -0.25) is 9.59 Å². The number of carbonyl (C=O) groups excluding carboxylic acids is 2. The summed E-state index contributed by atoms with van der Waals surface area (Å²) in [6.07, 6.45) is 1.95. The van der Waals surface area contributed by atoms with E-state index in [0.29, 0.717) is 32.6 Å². The summed E-state index contributed by atoms with van der Waals surface area (Å²) in [7, 11) is 0. The van der Waals surface area contributed by atoms with Crippen molar-refractivity contribution in [1.29, 1.82) is 5.26 Å². The van der Waals surface area contributed by atoms with Gasteiger partial charge in [-0.25, -0.2) is 0 Å². The number of ether oxygens (including phenoxy) is 1. The van der Waals surface area contributed by atoms with Crippen molar-refractivity contribution in [3.8, 4) is 6.07 Å². The van der Waals surface area contributed by atoms with Crippen LogP contribution in [0.25, 0.3) is 0 Å². The smallest absolute Gasteiger partial charge is 0.240 e. The van der Waals surface area contributed by atoms with Gasteiger partial charge in [0, 0.05) is 32.7 Å². The molecule has 0 atom stereocenters. The van der Waals surface area contributed by atoms with Gasteiger partial charge >= 0.3 is 0 Å². The van der Waals surface area contributed by atoms with E-state index in [9.17, 15) is 14.9 Å². The number of nitriles is 1. The van der Waals surface area contributed by atoms with Crippen molar-refractivity contribution >= 4 is 11.8 Å². The first kappa shape index (κ1) is 15.4. The van der Waals surface area contributed by atoms with Gasteiger partial charge in [0.05, 0.1) is 6.07 Å². The Morgan fingerprint density at radius 3 is 2.53 bits per heavy atom. The fraction of sp³-hybridized carbons (Fsp3) is 0.769. The molecule has 1 aliphatic rings. The molecule has 0 aromatic heterocycles. The van der Waals surface area contributed by atoms with Crippen molar-refractivity contribution < 1.29 is 14.3 Å². The summed E-state index contributed by atoms with van der Waals surface area (Å²) < 4.78 is 5.17. The van der Waals surface area contributed by atoms with Gasteiger partial charge in [0.15, 0.2) is 0 Å². The lowest BCUT2D eigenvalue weighted by atomic mass is 9.81. The second-order valence-corrected chi connectivity index (χ2v) is 4.66. The summed E-state index contributed by atoms with van der Waals surface area (Å²) >= 11 is 0. The van der Waals surface area contributed by atoms with Crippen LogP contribution < -0.4 is 10.6 Å². The van der Waals surface area contributed by atoms with Crippen molar-refractivity contribution in [2.75, 3.05) is 26.3 Å². The molecule has 0 bridgehead atoms. The highest BCUT2D eigenvalue weighted by Gasteiger charge is 2.40. The number of hydrogen-bond acceptors (Lipinski definition) is 4. The Morgan fingerprint density at radius 1 is 1.26 bits per heavy atom. The maximum atomic E-state index is 12.0. The highest BCUT2D eigenvalue weighted by Crippen LogP contribution is 2.29. The van der Waals surface area contributed by atoms with E-state index in [-0.39, 0.29) is 24.8 Å². The number of amides is 2. The predicted octanol–water partition coefficient (Wildman–Crippen LogP) is 0.339. The molecular weight excluding hydrogens is 246 g/mol. The van der Waals surface area contributed by atoms with Crippen LogP contribution in [-0.4, -0.2) is 38.1 Å². The number of nitrogens with one attached hydrogen (secondary N) is 2. The number of hydrogen-bond donors (Lipinski definition) is 2. The average molecular weight is 267 g/mol. The molecule has 0 saturated carbocycles. The number of rotatable bonds is 6. The quantitative estimate of drug-likeness (QED) is 0.726. The second kappa shape index (κ2) is 7.74. The lowest BCUT2D eigenvalue weighted by molar-refractivity contribution is -0.132. The molecule has 0 aromatic carbocycles. The van der Waals surface area contributed by atoms with E-state index < -0.39 is 5.41 Å². The zero-order valence-electron chi connectivity index (χ0n) is 11.3. The van der Waals surface area contributed by atoms with E-state index in [1.165, 1.54) is 0 Å². The second-order valence-electron chi connectivity index (χ2n) is 4.66. The molecule has 0 radical (unpaired) electrons. The molecule has 106 valence electrons. The number of carbonyl (C=O) groups is 2. The highest BCUT2D eigenvalue weighted by molar-refractivity contribution is 5.86. The molecule has 2 N–H and O–H groups in total. The van der Waals surface area contributed by atoms with Crippen molar-refractivity contribution in [1.82, 2.24) is 10.6 Å². The van der Waals surface area contributed by atoms with Crippen LogP contribution in [0.15, 0.2) is 0 Å². The largest absolute Gasteiger partial charge is 0.381 e. The monoisotopic (exact) mass is 267 g/mol. The normalized spacial score (nSPS) is 17.3. The Kier molecular flexibility index (Phi) is 6.30. The molecule has 1 aliphatic heterocycles. The highest BCUT2D eigenvalue weighted by atomic mass is 16.5. The zero-order valence-corrected chi connectivity index (χ0v) is 11.3. The predicted molar refractivity (Wildman–Crippen MR) is 69.0 cm³/mol. The van der Waals surface area contributed by atoms with Crippen LogP contribution in [0.2, 0.25) is 0 Å². The molecule has 1 heterocycles. The van der Waals surface area contributed by atoms with Gasteiger partial charge in [-0.2, -0.15) is 5.26 Å². The molecule has 0 aromatic rings. The van der Waals surface area contributed by atoms with Gasteiger partial charge in [-0.05, 0) is 19.3 Å². The Balaban J connectivity index is 2.34. The van der Waals surface area contributed by atoms with Gasteiger partial charge in [-0.15, -0.1) is 0 Å². The molecule has 1 rings (SSSR count). The van der Waals surface area contributed by atoms with Crippen LogP contribution >= 0.6 is 0 Å². The van der Waals surface area contributed by atoms with Gasteiger partial charge < -0.3 is 15.4 Å². The van der Waals surface area contributed by atoms with E-state index >= 15 is 0 Å². The minimum absolute atomic E-state index is 0.0832. The third-order valence-electron chi connectivity index (χ3n) is 3.20. The molecule has 19 heavy (non-hydrogen) atoms. The Labute approximate surface area is 113 Å². The van der Waals surface area contributed by atoms with Gasteiger partial charge in [0.1, 0.15) is 5.41 Å². The topological polar surface area (TPSA) is 91.2 Å². The van der Waals surface area contributed by atoms with Crippen molar-refractivity contribution in [2.45, 2.75) is 32.6 Å². The van der Waals surface area contributed by atoms with Crippen LogP contribution in [0, 0.1) is 16.7 Å². The Bertz CT molecular complexity index is 357. The first-order valence-corrected chi connectivity index (χ1v) is 6.68. The summed E-state index contributed by atoms with van der Waals surface area (Å²) in [6, 6.07) is 2.10. The van der Waals surface area contributed by atoms with Gasteiger partial charge in [0.25, 0.3) is 0 Å². The summed E-state index contributed by atoms with van der Waals surface area (Å²) in [6.45, 7) is 3.74. The third-order valence-corrected chi connectivity index (χ3v) is 3.20. The minimum atomic E-state index is -0.988. The van der Waals surface area contributed by atoms with Crippen LogP contribution in [0.3, 0.4) is 0 Å². The van der Waals surface area contributed by atoms with Crippen LogP contribution in [0.1, 0.15) is 32.6 Å². The summed E-state index contributed by atoms with van der Waals surface area (Å²) in [4.78, 5) is 23.4. The van der Waals surface area contributed by atoms with Crippen molar-refractivity contribution in [3.63, 3.8) is 0 Å². The van der Waals surface area contributed by atoms with E-state index in [1.54, 1.807) is 0 Å². The average Bonchev–Trinajstić information content (AvgIpc) is 2.45. The molecule has 1 saturated heterocycles. The maximum Gasteiger partial charge on any atom is 0.240 e. The Morgan fingerprint density at radius 2 is 1.95 bits per heavy atom. The van der Waals surface area contributed by atoms with Crippen LogP contribution in [0.5, 0.6) is 0 Å². The van der Waals surface area contributed by atoms with Crippen LogP contribution in [-0.2, 0) is 14.3 Å². The van der Waals surface area contributed by atoms with Crippen molar-refractivity contribution in [3.05, 3.63) is 0 Å². The SMILES string of the molecule is CCCNC(=O)CCNC(=O)C1(C#N)CCOCC1. The minimum Gasteiger partial charge on any atom is -0.381 e. The van der Waals surface area contributed by atoms with E-state index in [0.717, 1.165) is 6.42 Å². The maximum absolute atomic E-state index is 12.0. The molecule has 6 nitrogen and oxygen atoms in total. The first-order chi connectivity index (χ1) is 9.14. The molecule has 6 heteroatoms. The zero-order chi connectivity index (χ0) is 14.1.